The molecule has 0 radical (unpaired) electrons. The predicted octanol–water partition coefficient (Wildman–Crippen LogP) is 3.15. The van der Waals surface area contributed by atoms with Crippen molar-refractivity contribution in [1.29, 1.82) is 0 Å². The lowest BCUT2D eigenvalue weighted by Gasteiger charge is -2.08. The van der Waals surface area contributed by atoms with Crippen molar-refractivity contribution < 1.29 is 0 Å². The summed E-state index contributed by atoms with van der Waals surface area (Å²) in [7, 11) is 0. The Bertz CT molecular complexity index is 351. The molecular weight excluding hydrogens is 208 g/mol. The normalized spacial score (nSPS) is 18.5. The Hall–Kier alpha value is -0.470. The van der Waals surface area contributed by atoms with E-state index in [0.717, 1.165) is 18.0 Å². The van der Waals surface area contributed by atoms with E-state index in [1.54, 1.807) is 0 Å². The number of rotatable bonds is 4. The maximum absolute atomic E-state index is 6.14. The van der Waals surface area contributed by atoms with Crippen LogP contribution in [0.25, 0.3) is 0 Å². The summed E-state index contributed by atoms with van der Waals surface area (Å²) in [6.45, 7) is 4.28. The third kappa shape index (κ3) is 2.56. The van der Waals surface area contributed by atoms with Gasteiger partial charge in [0.2, 0.25) is 0 Å². The van der Waals surface area contributed by atoms with Gasteiger partial charge in [0, 0.05) is 17.8 Å². The van der Waals surface area contributed by atoms with Gasteiger partial charge in [-0.05, 0) is 51.2 Å². The van der Waals surface area contributed by atoms with Crippen molar-refractivity contribution in [3.63, 3.8) is 0 Å². The number of nitrogens with two attached hydrogens (primary N) is 1. The monoisotopic (exact) mass is 226 g/mol. The molecule has 0 atom stereocenters. The maximum atomic E-state index is 6.14. The van der Waals surface area contributed by atoms with Gasteiger partial charge in [0.1, 0.15) is 5.15 Å². The van der Waals surface area contributed by atoms with Gasteiger partial charge in [0.25, 0.3) is 0 Å². The minimum absolute atomic E-state index is 0.145. The Morgan fingerprint density at radius 1 is 1.53 bits per heavy atom. The van der Waals surface area contributed by atoms with Crippen molar-refractivity contribution in [3.05, 3.63) is 23.0 Å². The topological polar surface area (TPSA) is 30.9 Å². The van der Waals surface area contributed by atoms with Gasteiger partial charge < -0.3 is 10.3 Å². The molecule has 0 saturated heterocycles. The highest BCUT2D eigenvalue weighted by atomic mass is 35.5. The molecule has 2 nitrogen and oxygen atoms in total. The first-order valence-electron chi connectivity index (χ1n) is 5.65. The highest BCUT2D eigenvalue weighted by Gasteiger charge is 2.37. The van der Waals surface area contributed by atoms with E-state index in [0.29, 0.717) is 6.04 Å². The maximum Gasteiger partial charge on any atom is 0.109 e. The lowest BCUT2D eigenvalue weighted by atomic mass is 10.1. The van der Waals surface area contributed by atoms with Gasteiger partial charge in [-0.1, -0.05) is 11.6 Å². The van der Waals surface area contributed by atoms with E-state index < -0.39 is 0 Å². The molecule has 0 unspecified atom stereocenters. The van der Waals surface area contributed by atoms with Gasteiger partial charge in [0.15, 0.2) is 0 Å². The molecule has 0 amide bonds. The molecule has 84 valence electrons. The minimum Gasteiger partial charge on any atom is -0.336 e. The first-order chi connectivity index (χ1) is 7.00. The number of aromatic nitrogens is 1. The summed E-state index contributed by atoms with van der Waals surface area (Å²) in [6.07, 6.45) is 6.66. The van der Waals surface area contributed by atoms with Crippen LogP contribution in [-0.4, -0.2) is 10.1 Å². The van der Waals surface area contributed by atoms with Crippen molar-refractivity contribution in [2.24, 2.45) is 5.73 Å². The van der Waals surface area contributed by atoms with Crippen LogP contribution in [0.4, 0.5) is 0 Å². The van der Waals surface area contributed by atoms with Crippen LogP contribution in [0.15, 0.2) is 12.3 Å². The van der Waals surface area contributed by atoms with E-state index in [4.69, 9.17) is 17.3 Å². The summed E-state index contributed by atoms with van der Waals surface area (Å²) < 4.78 is 2.10. The first-order valence-corrected chi connectivity index (χ1v) is 6.03. The van der Waals surface area contributed by atoms with E-state index in [-0.39, 0.29) is 5.54 Å². The minimum atomic E-state index is 0.145. The number of nitrogens with zero attached hydrogens (tertiary/aromatic N) is 1. The molecule has 1 heterocycles. The van der Waals surface area contributed by atoms with Crippen molar-refractivity contribution in [1.82, 2.24) is 4.57 Å². The molecule has 0 aromatic carbocycles. The lowest BCUT2D eigenvalue weighted by Crippen LogP contribution is -2.21. The standard InChI is InChI=1S/C12H19ClN2/c1-9(2)15-8-10(7-11(15)13)3-4-12(14)5-6-12/h7-9H,3-6,14H2,1-2H3. The second kappa shape index (κ2) is 3.84. The highest BCUT2D eigenvalue weighted by Crippen LogP contribution is 2.36. The smallest absolute Gasteiger partial charge is 0.109 e. The number of aryl methyl sites for hydroxylation is 1. The van der Waals surface area contributed by atoms with Gasteiger partial charge in [-0.2, -0.15) is 0 Å². The van der Waals surface area contributed by atoms with Crippen molar-refractivity contribution in [3.8, 4) is 0 Å². The quantitative estimate of drug-likeness (QED) is 0.840. The molecular formula is C12H19ClN2. The van der Waals surface area contributed by atoms with Crippen LogP contribution >= 0.6 is 11.6 Å². The number of halogens is 1. The molecule has 1 aliphatic carbocycles. The number of hydrogen-bond acceptors (Lipinski definition) is 1. The summed E-state index contributed by atoms with van der Waals surface area (Å²) in [6, 6.07) is 2.49. The van der Waals surface area contributed by atoms with Gasteiger partial charge in [0.05, 0.1) is 0 Å². The molecule has 1 fully saturated rings. The molecule has 0 spiro atoms. The SMILES string of the molecule is CC(C)n1cc(CCC2(N)CC2)cc1Cl. The largest absolute Gasteiger partial charge is 0.336 e. The Morgan fingerprint density at radius 3 is 2.67 bits per heavy atom. The summed E-state index contributed by atoms with van der Waals surface area (Å²) in [5.41, 5.74) is 7.52. The molecule has 0 aliphatic heterocycles. The van der Waals surface area contributed by atoms with Gasteiger partial charge in [-0.25, -0.2) is 0 Å². The van der Waals surface area contributed by atoms with Crippen LogP contribution in [0.5, 0.6) is 0 Å². The van der Waals surface area contributed by atoms with E-state index >= 15 is 0 Å². The van der Waals surface area contributed by atoms with Crippen LogP contribution in [0.1, 0.15) is 44.7 Å². The predicted molar refractivity (Wildman–Crippen MR) is 64.3 cm³/mol. The average Bonchev–Trinajstić information content (AvgIpc) is 2.75. The Balaban J connectivity index is 1.99. The summed E-state index contributed by atoms with van der Waals surface area (Å²) in [4.78, 5) is 0. The zero-order valence-electron chi connectivity index (χ0n) is 9.46. The van der Waals surface area contributed by atoms with Gasteiger partial charge in [-0.15, -0.1) is 0 Å². The molecule has 1 aromatic rings. The molecule has 2 N–H and O–H groups in total. The molecule has 1 aromatic heterocycles. The molecule has 1 saturated carbocycles. The summed E-state index contributed by atoms with van der Waals surface area (Å²) in [5, 5.41) is 0.835. The van der Waals surface area contributed by atoms with Crippen molar-refractivity contribution in [2.45, 2.75) is 51.1 Å². The van der Waals surface area contributed by atoms with Gasteiger partial charge in [-0.3, -0.25) is 0 Å². The second-order valence-corrected chi connectivity index (χ2v) is 5.42. The van der Waals surface area contributed by atoms with E-state index in [1.165, 1.54) is 18.4 Å². The van der Waals surface area contributed by atoms with Crippen LogP contribution in [0.2, 0.25) is 5.15 Å². The van der Waals surface area contributed by atoms with E-state index in [2.05, 4.69) is 30.7 Å². The molecule has 15 heavy (non-hydrogen) atoms. The van der Waals surface area contributed by atoms with E-state index in [9.17, 15) is 0 Å². The summed E-state index contributed by atoms with van der Waals surface area (Å²) in [5.74, 6) is 0. The van der Waals surface area contributed by atoms with Crippen LogP contribution in [0.3, 0.4) is 0 Å². The fourth-order valence-electron chi connectivity index (χ4n) is 1.84. The average molecular weight is 227 g/mol. The second-order valence-electron chi connectivity index (χ2n) is 5.03. The Morgan fingerprint density at radius 2 is 2.20 bits per heavy atom. The zero-order chi connectivity index (χ0) is 11.1. The fourth-order valence-corrected chi connectivity index (χ4v) is 2.23. The van der Waals surface area contributed by atoms with Crippen LogP contribution in [-0.2, 0) is 6.42 Å². The third-order valence-corrected chi connectivity index (χ3v) is 3.52. The van der Waals surface area contributed by atoms with Crippen molar-refractivity contribution in [2.75, 3.05) is 0 Å². The zero-order valence-corrected chi connectivity index (χ0v) is 10.2. The van der Waals surface area contributed by atoms with Crippen molar-refractivity contribution >= 4 is 11.6 Å². The van der Waals surface area contributed by atoms with E-state index in [1.807, 2.05) is 0 Å². The lowest BCUT2D eigenvalue weighted by molar-refractivity contribution is 0.593. The first kappa shape index (κ1) is 11.0. The summed E-state index contributed by atoms with van der Waals surface area (Å²) >= 11 is 6.14. The molecule has 3 heteroatoms. The molecule has 0 bridgehead atoms. The van der Waals surface area contributed by atoms with Gasteiger partial charge >= 0.3 is 0 Å². The number of hydrogen-bond donors (Lipinski definition) is 1. The highest BCUT2D eigenvalue weighted by molar-refractivity contribution is 6.29. The Labute approximate surface area is 96.4 Å². The van der Waals surface area contributed by atoms with Crippen LogP contribution < -0.4 is 5.73 Å². The molecule has 1 aliphatic rings. The Kier molecular flexibility index (Phi) is 2.82. The third-order valence-electron chi connectivity index (χ3n) is 3.22. The fraction of sp³-hybridized carbons (Fsp3) is 0.667. The van der Waals surface area contributed by atoms with Crippen LogP contribution in [0, 0.1) is 0 Å². The molecule has 2 rings (SSSR count).